The molecule has 0 saturated heterocycles. The Hall–Kier alpha value is -0.721. The van der Waals surface area contributed by atoms with Crippen LogP contribution in [0.15, 0.2) is 24.3 Å². The molecule has 1 aromatic carbocycles. The first kappa shape index (κ1) is 25.3. The third-order valence-electron chi connectivity index (χ3n) is 5.47. The molecule has 6 heteroatoms. The zero-order valence-electron chi connectivity index (χ0n) is 17.7. The summed E-state index contributed by atoms with van der Waals surface area (Å²) in [7, 11) is 0. The average molecular weight is 507 g/mol. The molecule has 0 fully saturated rings. The van der Waals surface area contributed by atoms with Gasteiger partial charge in [-0.3, -0.25) is 0 Å². The second-order valence-corrected chi connectivity index (χ2v) is 21.3. The van der Waals surface area contributed by atoms with Crippen LogP contribution < -0.4 is 0 Å². The van der Waals surface area contributed by atoms with Crippen LogP contribution in [0.3, 0.4) is 0 Å². The molecule has 0 aliphatic carbocycles. The maximum atomic E-state index is 13.0. The molecule has 0 saturated carbocycles. The Morgan fingerprint density at radius 2 is 1.36 bits per heavy atom. The summed E-state index contributed by atoms with van der Waals surface area (Å²) in [5, 5.41) is 0. The minimum absolute atomic E-state index is 0.307. The van der Waals surface area contributed by atoms with Crippen LogP contribution in [0.4, 0.5) is 13.2 Å². The number of alkyl halides is 3. The van der Waals surface area contributed by atoms with Crippen molar-refractivity contribution in [3.05, 3.63) is 35.4 Å². The molecular formula is C22H35F3O2Sn. The van der Waals surface area contributed by atoms with E-state index in [1.165, 1.54) is 19.1 Å². The van der Waals surface area contributed by atoms with Crippen molar-refractivity contribution < 1.29 is 22.7 Å². The van der Waals surface area contributed by atoms with E-state index in [4.69, 9.17) is 4.74 Å². The molecule has 0 spiro atoms. The molecule has 28 heavy (non-hydrogen) atoms. The van der Waals surface area contributed by atoms with Crippen molar-refractivity contribution in [1.29, 1.82) is 0 Å². The fraction of sp³-hybridized carbons (Fsp3) is 0.682. The monoisotopic (exact) mass is 508 g/mol. The number of unbranched alkanes of at least 4 members (excludes halogenated alkanes) is 3. The first-order valence-corrected chi connectivity index (χ1v) is 18.2. The third kappa shape index (κ3) is 7.60. The molecule has 160 valence electrons. The van der Waals surface area contributed by atoms with Crippen LogP contribution in [-0.4, -0.2) is 24.3 Å². The van der Waals surface area contributed by atoms with Crippen LogP contribution in [0, 0.1) is 0 Å². The minimum atomic E-state index is -4.36. The molecule has 0 aliphatic rings. The second-order valence-electron chi connectivity index (χ2n) is 7.78. The number of rotatable bonds is 12. The normalized spacial score (nSPS) is 13.4. The zero-order valence-corrected chi connectivity index (χ0v) is 20.6. The Morgan fingerprint density at radius 3 is 1.68 bits per heavy atom. The molecule has 0 unspecified atom stereocenters. The second kappa shape index (κ2) is 12.1. The zero-order chi connectivity index (χ0) is 21.2. The summed E-state index contributed by atoms with van der Waals surface area (Å²) < 4.78 is 47.9. The topological polar surface area (TPSA) is 26.3 Å². The molecule has 0 aliphatic heterocycles. The molecule has 0 heterocycles. The van der Waals surface area contributed by atoms with Gasteiger partial charge in [0.15, 0.2) is 0 Å². The van der Waals surface area contributed by atoms with Gasteiger partial charge in [-0.2, -0.15) is 0 Å². The Kier molecular flexibility index (Phi) is 10.9. The van der Waals surface area contributed by atoms with E-state index < -0.39 is 30.1 Å². The summed E-state index contributed by atoms with van der Waals surface area (Å²) in [4.78, 5) is 12.0. The summed E-state index contributed by atoms with van der Waals surface area (Å²) in [6.07, 6.45) is 2.18. The molecular weight excluding hydrogens is 472 g/mol. The number of ether oxygens (including phenoxy) is 1. The standard InChI is InChI=1S/C10H8F3O2.3C4H9.Sn/c1-7(14)15-6-8-2-4-9(5-3-8)10(11,12)13;3*1-3-4-2;/h2-6H,1H3;3*1,3-4H2,2H3;. The molecule has 1 rings (SSSR count). The fourth-order valence-electron chi connectivity index (χ4n) is 3.91. The molecule has 0 radical (unpaired) electrons. The first-order chi connectivity index (χ1) is 13.2. The van der Waals surface area contributed by atoms with Gasteiger partial charge in [0, 0.05) is 0 Å². The first-order valence-electron chi connectivity index (χ1n) is 10.5. The summed E-state index contributed by atoms with van der Waals surface area (Å²) in [5.74, 6) is -0.338. The van der Waals surface area contributed by atoms with E-state index in [2.05, 4.69) is 20.8 Å². The third-order valence-corrected chi connectivity index (χ3v) is 21.5. The molecule has 2 nitrogen and oxygen atoms in total. The molecule has 0 bridgehead atoms. The van der Waals surface area contributed by atoms with Crippen molar-refractivity contribution in [3.63, 3.8) is 0 Å². The van der Waals surface area contributed by atoms with Gasteiger partial charge in [0.1, 0.15) is 0 Å². The summed E-state index contributed by atoms with van der Waals surface area (Å²) in [6, 6.07) is 5.32. The van der Waals surface area contributed by atoms with Crippen LogP contribution in [-0.2, 0) is 15.7 Å². The molecule has 1 atom stereocenters. The predicted molar refractivity (Wildman–Crippen MR) is 111 cm³/mol. The van der Waals surface area contributed by atoms with Crippen LogP contribution in [0.25, 0.3) is 0 Å². The number of halogens is 3. The van der Waals surface area contributed by atoms with Gasteiger partial charge in [-0.1, -0.05) is 0 Å². The Labute approximate surface area is 172 Å². The van der Waals surface area contributed by atoms with Crippen molar-refractivity contribution in [3.8, 4) is 0 Å². The van der Waals surface area contributed by atoms with E-state index >= 15 is 0 Å². The van der Waals surface area contributed by atoms with Gasteiger partial charge in [0.25, 0.3) is 0 Å². The molecule has 0 N–H and O–H groups in total. The van der Waals surface area contributed by atoms with Crippen molar-refractivity contribution in [2.75, 3.05) is 0 Å². The van der Waals surface area contributed by atoms with Crippen molar-refractivity contribution in [2.24, 2.45) is 0 Å². The van der Waals surface area contributed by atoms with Crippen molar-refractivity contribution in [1.82, 2.24) is 0 Å². The number of carbonyl (C=O) groups excluding carboxylic acids is 1. The van der Waals surface area contributed by atoms with Gasteiger partial charge in [0.05, 0.1) is 0 Å². The van der Waals surface area contributed by atoms with Crippen LogP contribution in [0.2, 0.25) is 13.3 Å². The number of hydrogen-bond acceptors (Lipinski definition) is 2. The number of carbonyl (C=O) groups is 1. The molecule has 0 aromatic heterocycles. The van der Waals surface area contributed by atoms with Gasteiger partial charge < -0.3 is 0 Å². The molecule has 0 amide bonds. The average Bonchev–Trinajstić information content (AvgIpc) is 2.65. The number of benzene rings is 1. The van der Waals surface area contributed by atoms with Crippen LogP contribution in [0.5, 0.6) is 0 Å². The number of hydrogen-bond donors (Lipinski definition) is 0. The fourth-order valence-corrected chi connectivity index (χ4v) is 21.1. The maximum absolute atomic E-state index is 13.0. The van der Waals surface area contributed by atoms with Gasteiger partial charge in [-0.25, -0.2) is 0 Å². The van der Waals surface area contributed by atoms with E-state index in [0.29, 0.717) is 0 Å². The van der Waals surface area contributed by atoms with Crippen LogP contribution in [0.1, 0.15) is 81.5 Å². The van der Waals surface area contributed by atoms with Crippen molar-refractivity contribution in [2.45, 2.75) is 89.8 Å². The Morgan fingerprint density at radius 1 is 0.929 bits per heavy atom. The Bertz CT molecular complexity index is 563. The van der Waals surface area contributed by atoms with E-state index in [9.17, 15) is 18.0 Å². The SMILES string of the molecule is CCC[CH2][Sn]([CH2]CCC)([CH2]CCC)[C@H](OC(C)=O)c1ccc(C(F)(F)F)cc1. The summed E-state index contributed by atoms with van der Waals surface area (Å²) in [6.45, 7) is 7.90. The van der Waals surface area contributed by atoms with E-state index in [1.54, 1.807) is 0 Å². The number of esters is 1. The summed E-state index contributed by atoms with van der Waals surface area (Å²) in [5.41, 5.74) is 0.0941. The van der Waals surface area contributed by atoms with Gasteiger partial charge in [-0.15, -0.1) is 0 Å². The Balaban J connectivity index is 3.39. The summed E-state index contributed by atoms with van der Waals surface area (Å²) >= 11 is -3.02. The molecule has 1 aromatic rings. The van der Waals surface area contributed by atoms with E-state index in [0.717, 1.165) is 69.5 Å². The van der Waals surface area contributed by atoms with Crippen molar-refractivity contribution >= 4 is 24.3 Å². The van der Waals surface area contributed by atoms with Gasteiger partial charge in [-0.05, 0) is 0 Å². The predicted octanol–water partition coefficient (Wildman–Crippen LogP) is 7.70. The van der Waals surface area contributed by atoms with E-state index in [1.807, 2.05) is 0 Å². The van der Waals surface area contributed by atoms with Crippen LogP contribution >= 0.6 is 0 Å². The quantitative estimate of drug-likeness (QED) is 0.214. The van der Waals surface area contributed by atoms with Gasteiger partial charge in [0.2, 0.25) is 0 Å². The van der Waals surface area contributed by atoms with E-state index in [-0.39, 0.29) is 10.1 Å². The van der Waals surface area contributed by atoms with Gasteiger partial charge >= 0.3 is 172 Å².